The predicted octanol–water partition coefficient (Wildman–Crippen LogP) is 5.72. The molecule has 0 radical (unpaired) electrons. The van der Waals surface area contributed by atoms with Crippen molar-refractivity contribution in [2.45, 2.75) is 83.7 Å². The van der Waals surface area contributed by atoms with E-state index in [0.29, 0.717) is 13.2 Å². The largest absolute Gasteiger partial charge is 0.374 e. The Labute approximate surface area is 156 Å². The highest BCUT2D eigenvalue weighted by Gasteiger charge is 2.32. The Morgan fingerprint density at radius 2 is 2.04 bits per heavy atom. The van der Waals surface area contributed by atoms with E-state index in [4.69, 9.17) is 14.2 Å². The highest BCUT2D eigenvalue weighted by atomic mass is 28.3. The van der Waals surface area contributed by atoms with Crippen LogP contribution in [-0.2, 0) is 14.2 Å². The Bertz CT molecular complexity index is 474. The average molecular weight is 367 g/mol. The van der Waals surface area contributed by atoms with Gasteiger partial charge in [0, 0.05) is 8.07 Å². The maximum absolute atomic E-state index is 6.08. The molecule has 3 nitrogen and oxygen atoms in total. The Hall–Kier alpha value is -0.683. The molecule has 2 atom stereocenters. The lowest BCUT2D eigenvalue weighted by Gasteiger charge is -2.22. The quantitative estimate of drug-likeness (QED) is 0.346. The second-order valence-electron chi connectivity index (χ2n) is 8.88. The Balaban J connectivity index is 2.40. The summed E-state index contributed by atoms with van der Waals surface area (Å²) in [4.78, 5) is 0. The zero-order chi connectivity index (χ0) is 19.1. The van der Waals surface area contributed by atoms with E-state index < -0.39 is 13.9 Å². The first-order chi connectivity index (χ1) is 11.5. The van der Waals surface area contributed by atoms with Gasteiger partial charge in [0.2, 0.25) is 0 Å². The van der Waals surface area contributed by atoms with Crippen molar-refractivity contribution >= 4 is 8.07 Å². The first-order valence-electron chi connectivity index (χ1n) is 9.37. The van der Waals surface area contributed by atoms with Crippen LogP contribution in [0.1, 0.15) is 40.0 Å². The molecule has 0 unspecified atom stereocenters. The van der Waals surface area contributed by atoms with Gasteiger partial charge in [-0.05, 0) is 46.1 Å². The van der Waals surface area contributed by atoms with E-state index in [0.717, 1.165) is 25.3 Å². The molecule has 0 aliphatic carbocycles. The maximum atomic E-state index is 6.08. The fraction of sp³-hybridized carbons (Fsp3) is 0.714. The zero-order valence-corrected chi connectivity index (χ0v) is 18.2. The topological polar surface area (TPSA) is 27.7 Å². The lowest BCUT2D eigenvalue weighted by molar-refractivity contribution is -0.138. The van der Waals surface area contributed by atoms with Crippen molar-refractivity contribution in [3.8, 4) is 0 Å². The molecule has 1 heterocycles. The van der Waals surface area contributed by atoms with E-state index in [9.17, 15) is 0 Å². The molecule has 144 valence electrons. The molecule has 25 heavy (non-hydrogen) atoms. The predicted molar refractivity (Wildman–Crippen MR) is 110 cm³/mol. The Morgan fingerprint density at radius 3 is 2.56 bits per heavy atom. The third kappa shape index (κ3) is 10.1. The summed E-state index contributed by atoms with van der Waals surface area (Å²) < 4.78 is 17.6. The van der Waals surface area contributed by atoms with Crippen molar-refractivity contribution < 1.29 is 14.2 Å². The molecule has 1 fully saturated rings. The van der Waals surface area contributed by atoms with Gasteiger partial charge in [-0.2, -0.15) is 0 Å². The third-order valence-corrected chi connectivity index (χ3v) is 5.67. The molecule has 0 aromatic carbocycles. The molecule has 1 saturated heterocycles. The van der Waals surface area contributed by atoms with Gasteiger partial charge in [-0.25, -0.2) is 0 Å². The molecule has 0 amide bonds. The fourth-order valence-electron chi connectivity index (χ4n) is 3.17. The summed E-state index contributed by atoms with van der Waals surface area (Å²) in [5, 5.41) is 0. The van der Waals surface area contributed by atoms with Crippen LogP contribution >= 0.6 is 0 Å². The summed E-state index contributed by atoms with van der Waals surface area (Å²) in [6.07, 6.45) is 7.10. The van der Waals surface area contributed by atoms with E-state index in [2.05, 4.69) is 45.8 Å². The van der Waals surface area contributed by atoms with Crippen molar-refractivity contribution in [3.05, 3.63) is 36.5 Å². The first-order valence-corrected chi connectivity index (χ1v) is 13.1. The van der Waals surface area contributed by atoms with Gasteiger partial charge in [0.1, 0.15) is 0 Å². The van der Waals surface area contributed by atoms with Gasteiger partial charge in [-0.15, -0.1) is 13.2 Å². The van der Waals surface area contributed by atoms with Crippen LogP contribution in [0.15, 0.2) is 36.5 Å². The van der Waals surface area contributed by atoms with Gasteiger partial charge in [0.05, 0.1) is 25.4 Å². The van der Waals surface area contributed by atoms with Crippen LogP contribution in [0.5, 0.6) is 0 Å². The van der Waals surface area contributed by atoms with Gasteiger partial charge in [0.25, 0.3) is 0 Å². The molecule has 1 rings (SSSR count). The van der Waals surface area contributed by atoms with Crippen LogP contribution in [0.3, 0.4) is 0 Å². The van der Waals surface area contributed by atoms with Crippen molar-refractivity contribution in [2.75, 3.05) is 13.2 Å². The molecule has 1 aliphatic heterocycles. The molecule has 0 aromatic heterocycles. The zero-order valence-electron chi connectivity index (χ0n) is 17.2. The highest BCUT2D eigenvalue weighted by Crippen LogP contribution is 2.26. The van der Waals surface area contributed by atoms with Gasteiger partial charge in [-0.3, -0.25) is 0 Å². The monoisotopic (exact) mass is 366 g/mol. The number of ether oxygens (including phenoxy) is 3. The van der Waals surface area contributed by atoms with Gasteiger partial charge >= 0.3 is 0 Å². The number of hydrogen-bond donors (Lipinski definition) is 0. The van der Waals surface area contributed by atoms with E-state index in [1.807, 2.05) is 19.9 Å². The molecule has 1 aliphatic rings. The SMILES string of the molecule is C=CC[C@@H](CC(=C)C[Si](C)(C)C)OC/C=C(\C)C[C@H]1COC(C)(C)O1. The summed E-state index contributed by atoms with van der Waals surface area (Å²) in [5.41, 5.74) is 2.59. The standard InChI is InChI=1S/C21H38O3Si/c1-9-10-19(14-18(3)16-25(6,7)8)22-12-11-17(2)13-20-15-23-21(4,5)24-20/h9,11,19-20H,1,3,10,12-16H2,2,4-8H3/b17-11+/t19-,20-/m0/s1. The summed E-state index contributed by atoms with van der Waals surface area (Å²) in [5.74, 6) is -0.451. The average Bonchev–Trinajstić information content (AvgIpc) is 2.75. The molecular formula is C21H38O3Si. The second-order valence-corrected chi connectivity index (χ2v) is 14.4. The van der Waals surface area contributed by atoms with Crippen molar-refractivity contribution in [2.24, 2.45) is 0 Å². The van der Waals surface area contributed by atoms with Gasteiger partial charge in [0.15, 0.2) is 5.79 Å². The minimum atomic E-state index is -1.11. The Morgan fingerprint density at radius 1 is 1.36 bits per heavy atom. The van der Waals surface area contributed by atoms with Gasteiger partial charge in [-0.1, -0.05) is 42.9 Å². The van der Waals surface area contributed by atoms with Crippen LogP contribution < -0.4 is 0 Å². The van der Waals surface area contributed by atoms with Gasteiger partial charge < -0.3 is 14.2 Å². The molecule has 0 spiro atoms. The van der Waals surface area contributed by atoms with Crippen molar-refractivity contribution in [1.29, 1.82) is 0 Å². The van der Waals surface area contributed by atoms with E-state index >= 15 is 0 Å². The summed E-state index contributed by atoms with van der Waals surface area (Å²) in [7, 11) is -1.11. The number of hydrogen-bond acceptors (Lipinski definition) is 3. The minimum absolute atomic E-state index is 0.145. The summed E-state index contributed by atoms with van der Waals surface area (Å²) >= 11 is 0. The minimum Gasteiger partial charge on any atom is -0.374 e. The fourth-order valence-corrected chi connectivity index (χ4v) is 4.82. The smallest absolute Gasteiger partial charge is 0.163 e. The molecule has 4 heteroatoms. The molecule has 0 bridgehead atoms. The van der Waals surface area contributed by atoms with Crippen LogP contribution in [0.25, 0.3) is 0 Å². The van der Waals surface area contributed by atoms with E-state index in [-0.39, 0.29) is 12.2 Å². The number of rotatable bonds is 11. The first kappa shape index (κ1) is 22.4. The van der Waals surface area contributed by atoms with Crippen LogP contribution in [0.4, 0.5) is 0 Å². The molecule has 0 N–H and O–H groups in total. The van der Waals surface area contributed by atoms with Crippen molar-refractivity contribution in [1.82, 2.24) is 0 Å². The summed E-state index contributed by atoms with van der Waals surface area (Å²) in [6.45, 7) is 22.6. The normalized spacial score (nSPS) is 22.0. The third-order valence-electron chi connectivity index (χ3n) is 4.11. The Kier molecular flexibility index (Phi) is 8.82. The highest BCUT2D eigenvalue weighted by molar-refractivity contribution is 6.76. The molecule has 0 aromatic rings. The lowest BCUT2D eigenvalue weighted by Crippen LogP contribution is -2.22. The van der Waals surface area contributed by atoms with Crippen LogP contribution in [-0.4, -0.2) is 39.3 Å². The van der Waals surface area contributed by atoms with Crippen molar-refractivity contribution in [3.63, 3.8) is 0 Å². The van der Waals surface area contributed by atoms with E-state index in [1.165, 1.54) is 11.1 Å². The van der Waals surface area contributed by atoms with Crippen LogP contribution in [0, 0.1) is 0 Å². The van der Waals surface area contributed by atoms with E-state index in [1.54, 1.807) is 0 Å². The second kappa shape index (κ2) is 9.86. The lowest BCUT2D eigenvalue weighted by atomic mass is 10.1. The summed E-state index contributed by atoms with van der Waals surface area (Å²) in [6, 6.07) is 1.16. The van der Waals surface area contributed by atoms with Crippen LogP contribution in [0.2, 0.25) is 25.7 Å². The molecule has 0 saturated carbocycles. The molecular weight excluding hydrogens is 328 g/mol. The maximum Gasteiger partial charge on any atom is 0.163 e.